The molecule has 1 fully saturated rings. The normalized spacial score (nSPS) is 16.6. The van der Waals surface area contributed by atoms with Gasteiger partial charge in [0.1, 0.15) is 0 Å². The van der Waals surface area contributed by atoms with Gasteiger partial charge in [-0.1, -0.05) is 23.2 Å². The molecule has 0 aliphatic carbocycles. The van der Waals surface area contributed by atoms with Gasteiger partial charge in [-0.2, -0.15) is 0 Å². The first-order valence-electron chi connectivity index (χ1n) is 5.18. The number of nitrogens with one attached hydrogen (secondary N) is 1. The monoisotopic (exact) mass is 261 g/mol. The number of benzene rings is 1. The first-order valence-corrected chi connectivity index (χ1v) is 5.93. The van der Waals surface area contributed by atoms with Crippen LogP contribution in [0.1, 0.15) is 6.42 Å². The molecule has 1 aliphatic heterocycles. The van der Waals surface area contributed by atoms with Gasteiger partial charge in [0.25, 0.3) is 0 Å². The second-order valence-corrected chi connectivity index (χ2v) is 4.35. The van der Waals surface area contributed by atoms with E-state index in [9.17, 15) is 0 Å². The summed E-state index contributed by atoms with van der Waals surface area (Å²) in [6.45, 7) is 2.11. The predicted molar refractivity (Wildman–Crippen MR) is 65.3 cm³/mol. The van der Waals surface area contributed by atoms with Gasteiger partial charge in [-0.25, -0.2) is 0 Å². The SMILES string of the molecule is Clc1ccc(Cl)c(NCCC2OCCO2)c1. The van der Waals surface area contributed by atoms with Crippen LogP contribution in [0.2, 0.25) is 10.0 Å². The van der Waals surface area contributed by atoms with Gasteiger partial charge >= 0.3 is 0 Å². The molecule has 0 saturated carbocycles. The second-order valence-electron chi connectivity index (χ2n) is 3.51. The summed E-state index contributed by atoms with van der Waals surface area (Å²) in [5, 5.41) is 4.54. The molecule has 88 valence electrons. The summed E-state index contributed by atoms with van der Waals surface area (Å²) >= 11 is 11.9. The first kappa shape index (κ1) is 12.0. The van der Waals surface area contributed by atoms with Crippen LogP contribution in [0.3, 0.4) is 0 Å². The van der Waals surface area contributed by atoms with E-state index in [0.717, 1.165) is 18.7 Å². The second kappa shape index (κ2) is 5.73. The van der Waals surface area contributed by atoms with E-state index in [2.05, 4.69) is 5.32 Å². The molecule has 3 nitrogen and oxygen atoms in total. The van der Waals surface area contributed by atoms with Crippen LogP contribution >= 0.6 is 23.2 Å². The van der Waals surface area contributed by atoms with Crippen molar-refractivity contribution in [3.63, 3.8) is 0 Å². The van der Waals surface area contributed by atoms with Crippen LogP contribution in [0.5, 0.6) is 0 Å². The van der Waals surface area contributed by atoms with Crippen LogP contribution in [0.15, 0.2) is 18.2 Å². The van der Waals surface area contributed by atoms with E-state index in [0.29, 0.717) is 23.3 Å². The van der Waals surface area contributed by atoms with Gasteiger partial charge in [0.15, 0.2) is 6.29 Å². The molecule has 1 aromatic rings. The fourth-order valence-corrected chi connectivity index (χ4v) is 1.89. The van der Waals surface area contributed by atoms with Crippen molar-refractivity contribution in [3.05, 3.63) is 28.2 Å². The zero-order valence-corrected chi connectivity index (χ0v) is 10.2. The highest BCUT2D eigenvalue weighted by Gasteiger charge is 2.15. The third-order valence-electron chi connectivity index (χ3n) is 2.31. The Kier molecular flexibility index (Phi) is 4.29. The van der Waals surface area contributed by atoms with Crippen molar-refractivity contribution >= 4 is 28.9 Å². The molecule has 1 aromatic carbocycles. The number of hydrogen-bond donors (Lipinski definition) is 1. The van der Waals surface area contributed by atoms with Crippen molar-refractivity contribution in [2.45, 2.75) is 12.7 Å². The van der Waals surface area contributed by atoms with E-state index < -0.39 is 0 Å². The van der Waals surface area contributed by atoms with Crippen molar-refractivity contribution in [2.75, 3.05) is 25.1 Å². The lowest BCUT2D eigenvalue weighted by Gasteiger charge is -2.11. The Hall–Kier alpha value is -0.480. The molecule has 1 heterocycles. The molecule has 0 aromatic heterocycles. The zero-order chi connectivity index (χ0) is 11.4. The first-order chi connectivity index (χ1) is 7.75. The van der Waals surface area contributed by atoms with Crippen LogP contribution in [0.4, 0.5) is 5.69 Å². The van der Waals surface area contributed by atoms with E-state index in [1.54, 1.807) is 18.2 Å². The lowest BCUT2D eigenvalue weighted by molar-refractivity contribution is -0.0439. The lowest BCUT2D eigenvalue weighted by Crippen LogP contribution is -2.14. The average Bonchev–Trinajstić information content (AvgIpc) is 2.76. The molecule has 0 amide bonds. The molecular formula is C11H13Cl2NO2. The van der Waals surface area contributed by atoms with Crippen LogP contribution in [-0.2, 0) is 9.47 Å². The van der Waals surface area contributed by atoms with Crippen molar-refractivity contribution in [3.8, 4) is 0 Å². The van der Waals surface area contributed by atoms with Crippen molar-refractivity contribution in [1.82, 2.24) is 0 Å². The van der Waals surface area contributed by atoms with Gasteiger partial charge in [-0.3, -0.25) is 0 Å². The summed E-state index contributed by atoms with van der Waals surface area (Å²) in [6, 6.07) is 5.34. The topological polar surface area (TPSA) is 30.5 Å². The number of halogens is 2. The standard InChI is InChI=1S/C11H13Cl2NO2/c12-8-1-2-9(13)10(7-8)14-4-3-11-15-5-6-16-11/h1-2,7,11,14H,3-6H2. The number of ether oxygens (including phenoxy) is 2. The maximum atomic E-state index is 6.01. The lowest BCUT2D eigenvalue weighted by atomic mass is 10.3. The Bertz CT molecular complexity index is 354. The Labute approximate surface area is 105 Å². The highest BCUT2D eigenvalue weighted by Crippen LogP contribution is 2.25. The Morgan fingerprint density at radius 3 is 2.75 bits per heavy atom. The molecule has 2 rings (SSSR count). The van der Waals surface area contributed by atoms with Crippen LogP contribution in [0.25, 0.3) is 0 Å². The van der Waals surface area contributed by atoms with Crippen molar-refractivity contribution in [1.29, 1.82) is 0 Å². The highest BCUT2D eigenvalue weighted by atomic mass is 35.5. The van der Waals surface area contributed by atoms with E-state index in [-0.39, 0.29) is 6.29 Å². The Balaban J connectivity index is 1.82. The summed E-state index contributed by atoms with van der Waals surface area (Å²) in [4.78, 5) is 0. The number of anilines is 1. The molecule has 0 spiro atoms. The minimum absolute atomic E-state index is 0.0922. The van der Waals surface area contributed by atoms with Gasteiger partial charge < -0.3 is 14.8 Å². The quantitative estimate of drug-likeness (QED) is 0.904. The largest absolute Gasteiger partial charge is 0.384 e. The minimum atomic E-state index is -0.0922. The van der Waals surface area contributed by atoms with Gasteiger partial charge in [0.2, 0.25) is 0 Å². The summed E-state index contributed by atoms with van der Waals surface area (Å²) < 4.78 is 10.6. The van der Waals surface area contributed by atoms with E-state index >= 15 is 0 Å². The molecule has 0 bridgehead atoms. The summed E-state index contributed by atoms with van der Waals surface area (Å²) in [7, 11) is 0. The van der Waals surface area contributed by atoms with Gasteiger partial charge in [0.05, 0.1) is 23.9 Å². The summed E-state index contributed by atoms with van der Waals surface area (Å²) in [5.74, 6) is 0. The fraction of sp³-hybridized carbons (Fsp3) is 0.455. The van der Waals surface area contributed by atoms with Gasteiger partial charge in [0, 0.05) is 18.0 Å². The number of hydrogen-bond acceptors (Lipinski definition) is 3. The Morgan fingerprint density at radius 2 is 2.00 bits per heavy atom. The predicted octanol–water partition coefficient (Wildman–Crippen LogP) is 3.17. The molecule has 16 heavy (non-hydrogen) atoms. The summed E-state index contributed by atoms with van der Waals surface area (Å²) in [6.07, 6.45) is 0.702. The fourth-order valence-electron chi connectivity index (χ4n) is 1.53. The van der Waals surface area contributed by atoms with Crippen LogP contribution in [0, 0.1) is 0 Å². The maximum absolute atomic E-state index is 6.01. The van der Waals surface area contributed by atoms with Gasteiger partial charge in [-0.15, -0.1) is 0 Å². The van der Waals surface area contributed by atoms with E-state index in [1.165, 1.54) is 0 Å². The third-order valence-corrected chi connectivity index (χ3v) is 2.88. The molecule has 1 aliphatic rings. The molecular weight excluding hydrogens is 249 g/mol. The molecule has 0 radical (unpaired) electrons. The smallest absolute Gasteiger partial charge is 0.159 e. The van der Waals surface area contributed by atoms with Crippen molar-refractivity contribution < 1.29 is 9.47 Å². The highest BCUT2D eigenvalue weighted by molar-refractivity contribution is 6.35. The molecule has 0 atom stereocenters. The average molecular weight is 262 g/mol. The number of rotatable bonds is 4. The van der Waals surface area contributed by atoms with E-state index in [4.69, 9.17) is 32.7 Å². The zero-order valence-electron chi connectivity index (χ0n) is 8.71. The molecule has 1 N–H and O–H groups in total. The molecule has 5 heteroatoms. The molecule has 1 saturated heterocycles. The van der Waals surface area contributed by atoms with Gasteiger partial charge in [-0.05, 0) is 18.2 Å². The molecule has 0 unspecified atom stereocenters. The minimum Gasteiger partial charge on any atom is -0.384 e. The van der Waals surface area contributed by atoms with Crippen LogP contribution in [-0.4, -0.2) is 26.0 Å². The summed E-state index contributed by atoms with van der Waals surface area (Å²) in [5.41, 5.74) is 0.840. The maximum Gasteiger partial charge on any atom is 0.159 e. The van der Waals surface area contributed by atoms with Crippen molar-refractivity contribution in [2.24, 2.45) is 0 Å². The Morgan fingerprint density at radius 1 is 1.25 bits per heavy atom. The van der Waals surface area contributed by atoms with E-state index in [1.807, 2.05) is 0 Å². The third kappa shape index (κ3) is 3.25. The van der Waals surface area contributed by atoms with Crippen LogP contribution < -0.4 is 5.32 Å².